The average molecular weight is 412 g/mol. The van der Waals surface area contributed by atoms with Gasteiger partial charge in [0.1, 0.15) is 6.04 Å². The molecule has 0 bridgehead atoms. The van der Waals surface area contributed by atoms with Crippen LogP contribution in [0.1, 0.15) is 13.0 Å². The van der Waals surface area contributed by atoms with E-state index in [0.717, 1.165) is 16.5 Å². The zero-order valence-electron chi connectivity index (χ0n) is 15.9. The molecule has 0 aliphatic carbocycles. The Kier molecular flexibility index (Phi) is 5.79. The summed E-state index contributed by atoms with van der Waals surface area (Å²) < 4.78 is 26.2. The van der Waals surface area contributed by atoms with Crippen molar-refractivity contribution in [3.8, 4) is 11.3 Å². The van der Waals surface area contributed by atoms with Gasteiger partial charge in [-0.25, -0.2) is 13.1 Å². The topological polar surface area (TPSA) is 110 Å². The van der Waals surface area contributed by atoms with E-state index in [0.29, 0.717) is 17.1 Å². The molecule has 1 unspecified atom stereocenters. The van der Waals surface area contributed by atoms with E-state index < -0.39 is 27.5 Å². The second-order valence-electron chi connectivity index (χ2n) is 6.49. The molecule has 8 nitrogen and oxygen atoms in total. The molecule has 0 fully saturated rings. The van der Waals surface area contributed by atoms with E-state index in [-0.39, 0.29) is 0 Å². The summed E-state index contributed by atoms with van der Waals surface area (Å²) >= 11 is 0. The number of benzene rings is 2. The van der Waals surface area contributed by atoms with Crippen molar-refractivity contribution < 1.29 is 13.2 Å². The molecule has 0 aliphatic heterocycles. The predicted octanol–water partition coefficient (Wildman–Crippen LogP) is 2.48. The van der Waals surface area contributed by atoms with Crippen molar-refractivity contribution in [3.05, 3.63) is 77.1 Å². The molecular weight excluding hydrogens is 392 g/mol. The fourth-order valence-corrected chi connectivity index (χ4v) is 3.25. The van der Waals surface area contributed by atoms with Gasteiger partial charge in [-0.2, -0.15) is 5.10 Å². The van der Waals surface area contributed by atoms with Crippen LogP contribution in [0.15, 0.2) is 71.5 Å². The molecular formula is C20H20N4O4S. The number of amides is 1. The van der Waals surface area contributed by atoms with Crippen LogP contribution < -0.4 is 15.6 Å². The second-order valence-corrected chi connectivity index (χ2v) is 8.24. The van der Waals surface area contributed by atoms with Crippen LogP contribution in [-0.2, 0) is 14.8 Å². The summed E-state index contributed by atoms with van der Waals surface area (Å²) in [4.78, 5) is 24.9. The van der Waals surface area contributed by atoms with Crippen LogP contribution >= 0.6 is 0 Å². The molecule has 3 aromatic rings. The summed E-state index contributed by atoms with van der Waals surface area (Å²) in [6.45, 7) is 1.57. The van der Waals surface area contributed by atoms with Crippen LogP contribution in [0, 0.1) is 0 Å². The lowest BCUT2D eigenvalue weighted by molar-refractivity contribution is -0.119. The predicted molar refractivity (Wildman–Crippen MR) is 112 cm³/mol. The number of anilines is 2. The molecule has 1 amide bonds. The maximum atomic E-state index is 12.7. The van der Waals surface area contributed by atoms with Gasteiger partial charge in [-0.05, 0) is 31.2 Å². The standard InChI is InChI=1S/C20H20N4O4S/c1-14(20(26)21-16-9-6-10-17(13-16)23-29(2,27)28)24-19(25)12-11-18(22-24)15-7-4-3-5-8-15/h3-14,23H,1-2H3,(H,21,26). The summed E-state index contributed by atoms with van der Waals surface area (Å²) in [6, 6.07) is 17.7. The normalized spacial score (nSPS) is 12.2. The second kappa shape index (κ2) is 8.27. The number of rotatable bonds is 6. The molecule has 0 radical (unpaired) electrons. The lowest BCUT2D eigenvalue weighted by Gasteiger charge is -2.15. The van der Waals surface area contributed by atoms with E-state index in [4.69, 9.17) is 0 Å². The van der Waals surface area contributed by atoms with E-state index in [9.17, 15) is 18.0 Å². The molecule has 0 spiro atoms. The van der Waals surface area contributed by atoms with Crippen LogP contribution in [0.3, 0.4) is 0 Å². The van der Waals surface area contributed by atoms with E-state index in [2.05, 4.69) is 15.1 Å². The summed E-state index contributed by atoms with van der Waals surface area (Å²) in [5, 5.41) is 7.00. The monoisotopic (exact) mass is 412 g/mol. The largest absolute Gasteiger partial charge is 0.324 e. The van der Waals surface area contributed by atoms with Gasteiger partial charge in [0.25, 0.3) is 5.56 Å². The minimum atomic E-state index is -3.44. The molecule has 1 atom stereocenters. The van der Waals surface area contributed by atoms with Gasteiger partial charge in [-0.1, -0.05) is 36.4 Å². The Morgan fingerprint density at radius 2 is 1.69 bits per heavy atom. The molecule has 2 aromatic carbocycles. The smallest absolute Gasteiger partial charge is 0.267 e. The highest BCUT2D eigenvalue weighted by Crippen LogP contribution is 2.18. The van der Waals surface area contributed by atoms with Crippen molar-refractivity contribution in [1.29, 1.82) is 0 Å². The van der Waals surface area contributed by atoms with Crippen molar-refractivity contribution in [2.75, 3.05) is 16.3 Å². The number of aromatic nitrogens is 2. The molecule has 3 rings (SSSR count). The fourth-order valence-electron chi connectivity index (χ4n) is 2.70. The summed E-state index contributed by atoms with van der Waals surface area (Å²) in [7, 11) is -3.44. The van der Waals surface area contributed by atoms with E-state index >= 15 is 0 Å². The molecule has 0 saturated heterocycles. The molecule has 0 saturated carbocycles. The zero-order valence-corrected chi connectivity index (χ0v) is 16.7. The van der Waals surface area contributed by atoms with Crippen LogP contribution in [0.4, 0.5) is 11.4 Å². The average Bonchev–Trinajstić information content (AvgIpc) is 2.67. The highest BCUT2D eigenvalue weighted by atomic mass is 32.2. The molecule has 2 N–H and O–H groups in total. The van der Waals surface area contributed by atoms with Crippen molar-refractivity contribution in [1.82, 2.24) is 9.78 Å². The Balaban J connectivity index is 1.82. The SMILES string of the molecule is CC(C(=O)Nc1cccc(NS(C)(=O)=O)c1)n1nc(-c2ccccc2)ccc1=O. The number of nitrogens with zero attached hydrogens (tertiary/aromatic N) is 2. The third kappa shape index (κ3) is 5.29. The molecule has 9 heteroatoms. The van der Waals surface area contributed by atoms with Gasteiger partial charge in [0.2, 0.25) is 15.9 Å². The number of sulfonamides is 1. The van der Waals surface area contributed by atoms with Crippen molar-refractivity contribution in [3.63, 3.8) is 0 Å². The highest BCUT2D eigenvalue weighted by Gasteiger charge is 2.18. The van der Waals surface area contributed by atoms with Crippen LogP contribution in [0.2, 0.25) is 0 Å². The number of carbonyl (C=O) groups is 1. The third-order valence-electron chi connectivity index (χ3n) is 4.07. The van der Waals surface area contributed by atoms with E-state index in [1.807, 2.05) is 30.3 Å². The maximum Gasteiger partial charge on any atom is 0.267 e. The minimum absolute atomic E-state index is 0.319. The minimum Gasteiger partial charge on any atom is -0.324 e. The van der Waals surface area contributed by atoms with Crippen LogP contribution in [-0.4, -0.2) is 30.4 Å². The molecule has 1 aromatic heterocycles. The maximum absolute atomic E-state index is 12.7. The first-order valence-corrected chi connectivity index (χ1v) is 10.7. The van der Waals surface area contributed by atoms with Gasteiger partial charge in [0, 0.05) is 17.3 Å². The summed E-state index contributed by atoms with van der Waals surface area (Å²) in [5.41, 5.74) is 1.71. The fraction of sp³-hybridized carbons (Fsp3) is 0.150. The Morgan fingerprint density at radius 3 is 2.38 bits per heavy atom. The van der Waals surface area contributed by atoms with Crippen LogP contribution in [0.5, 0.6) is 0 Å². The van der Waals surface area contributed by atoms with Crippen molar-refractivity contribution in [2.45, 2.75) is 13.0 Å². The molecule has 1 heterocycles. The van der Waals surface area contributed by atoms with Gasteiger partial charge < -0.3 is 5.32 Å². The van der Waals surface area contributed by atoms with Crippen LogP contribution in [0.25, 0.3) is 11.3 Å². The Labute approximate surface area is 168 Å². The first-order chi connectivity index (χ1) is 13.7. The zero-order chi connectivity index (χ0) is 21.0. The molecule has 150 valence electrons. The quantitative estimate of drug-likeness (QED) is 0.646. The van der Waals surface area contributed by atoms with Crippen molar-refractivity contribution in [2.24, 2.45) is 0 Å². The first kappa shape index (κ1) is 20.3. The first-order valence-electron chi connectivity index (χ1n) is 8.77. The molecule has 29 heavy (non-hydrogen) atoms. The van der Waals surface area contributed by atoms with E-state index in [1.165, 1.54) is 12.1 Å². The van der Waals surface area contributed by atoms with E-state index in [1.54, 1.807) is 31.2 Å². The highest BCUT2D eigenvalue weighted by molar-refractivity contribution is 7.92. The lowest BCUT2D eigenvalue weighted by Crippen LogP contribution is -2.33. The van der Waals surface area contributed by atoms with Gasteiger partial charge in [0.05, 0.1) is 17.6 Å². The number of hydrogen-bond acceptors (Lipinski definition) is 5. The number of carbonyl (C=O) groups excluding carboxylic acids is 1. The van der Waals surface area contributed by atoms with Gasteiger partial charge in [-0.3, -0.25) is 14.3 Å². The third-order valence-corrected chi connectivity index (χ3v) is 4.68. The summed E-state index contributed by atoms with van der Waals surface area (Å²) in [6.07, 6.45) is 1.04. The Hall–Kier alpha value is -3.46. The van der Waals surface area contributed by atoms with Gasteiger partial charge >= 0.3 is 0 Å². The van der Waals surface area contributed by atoms with Gasteiger partial charge in [0.15, 0.2) is 0 Å². The van der Waals surface area contributed by atoms with Gasteiger partial charge in [-0.15, -0.1) is 0 Å². The Morgan fingerprint density at radius 1 is 1.00 bits per heavy atom. The Bertz CT molecular complexity index is 1190. The summed E-state index contributed by atoms with van der Waals surface area (Å²) in [5.74, 6) is -0.457. The number of hydrogen-bond donors (Lipinski definition) is 2. The lowest BCUT2D eigenvalue weighted by atomic mass is 10.1. The molecule has 0 aliphatic rings. The van der Waals surface area contributed by atoms with Crippen molar-refractivity contribution >= 4 is 27.3 Å². The number of nitrogens with one attached hydrogen (secondary N) is 2.